The van der Waals surface area contributed by atoms with Crippen LogP contribution in [-0.2, 0) is 9.59 Å². The summed E-state index contributed by atoms with van der Waals surface area (Å²) in [6.07, 6.45) is 0.793. The Morgan fingerprint density at radius 2 is 2.25 bits per heavy atom. The molecule has 110 valence electrons. The number of imide groups is 1. The van der Waals surface area contributed by atoms with Gasteiger partial charge in [0.05, 0.1) is 18.6 Å². The highest BCUT2D eigenvalue weighted by molar-refractivity contribution is 7.10. The fourth-order valence-electron chi connectivity index (χ4n) is 2.58. The average Bonchev–Trinajstić information content (AvgIpc) is 2.81. The van der Waals surface area contributed by atoms with E-state index in [-0.39, 0.29) is 36.5 Å². The van der Waals surface area contributed by atoms with Gasteiger partial charge in [0.2, 0.25) is 11.8 Å². The summed E-state index contributed by atoms with van der Waals surface area (Å²) in [5.74, 6) is -0.501. The number of thiophene rings is 1. The molecule has 1 aromatic rings. The number of hydrogen-bond acceptors (Lipinski definition) is 5. The van der Waals surface area contributed by atoms with Gasteiger partial charge >= 0.3 is 0 Å². The van der Waals surface area contributed by atoms with E-state index in [0.29, 0.717) is 0 Å². The van der Waals surface area contributed by atoms with E-state index in [1.807, 2.05) is 37.1 Å². The summed E-state index contributed by atoms with van der Waals surface area (Å²) in [6, 6.07) is 1.50. The lowest BCUT2D eigenvalue weighted by molar-refractivity contribution is -0.141. The van der Waals surface area contributed by atoms with Gasteiger partial charge in [-0.1, -0.05) is 6.92 Å². The third-order valence-corrected chi connectivity index (χ3v) is 4.96. The predicted octanol–water partition coefficient (Wildman–Crippen LogP) is 1.18. The van der Waals surface area contributed by atoms with Crippen LogP contribution in [0.5, 0.6) is 0 Å². The van der Waals surface area contributed by atoms with Gasteiger partial charge in [0, 0.05) is 10.9 Å². The number of nitrogens with one attached hydrogen (secondary N) is 1. The molecular weight excluding hydrogens is 274 g/mol. The maximum atomic E-state index is 11.9. The summed E-state index contributed by atoms with van der Waals surface area (Å²) in [6.45, 7) is 6.09. The van der Waals surface area contributed by atoms with Gasteiger partial charge < -0.3 is 5.73 Å². The highest BCUT2D eigenvalue weighted by Crippen LogP contribution is 2.33. The molecule has 0 saturated carbocycles. The second-order valence-corrected chi connectivity index (χ2v) is 6.19. The summed E-state index contributed by atoms with van der Waals surface area (Å²) in [7, 11) is 0. The van der Waals surface area contributed by atoms with Crippen LogP contribution in [-0.4, -0.2) is 35.3 Å². The molecule has 3 atom stereocenters. The predicted molar refractivity (Wildman–Crippen MR) is 79.4 cm³/mol. The highest BCUT2D eigenvalue weighted by atomic mass is 32.1. The second kappa shape index (κ2) is 6.03. The topological polar surface area (TPSA) is 75.4 Å². The van der Waals surface area contributed by atoms with E-state index in [9.17, 15) is 9.59 Å². The van der Waals surface area contributed by atoms with Crippen molar-refractivity contribution in [2.24, 2.45) is 5.73 Å². The lowest BCUT2D eigenvalue weighted by Gasteiger charge is -2.40. The van der Waals surface area contributed by atoms with E-state index in [4.69, 9.17) is 5.73 Å². The number of carbonyl (C=O) groups excluding carboxylic acids is 2. The summed E-state index contributed by atoms with van der Waals surface area (Å²) >= 11 is 1.63. The standard InChI is InChI=1S/C14H21N3O2S/c1-4-10(15)12(13-8(2)5-6-20-13)17-7-11(18)16-14(19)9(17)3/h5-6,9-10,12H,4,7,15H2,1-3H3,(H,16,18,19). The first-order chi connectivity index (χ1) is 9.45. The molecular formula is C14H21N3O2S. The number of rotatable bonds is 4. The molecule has 0 aromatic carbocycles. The van der Waals surface area contributed by atoms with Crippen LogP contribution in [0.1, 0.15) is 36.8 Å². The van der Waals surface area contributed by atoms with Gasteiger partial charge in [0.25, 0.3) is 0 Å². The Morgan fingerprint density at radius 3 is 2.80 bits per heavy atom. The van der Waals surface area contributed by atoms with Gasteiger partial charge in [-0.05, 0) is 37.3 Å². The maximum Gasteiger partial charge on any atom is 0.243 e. The SMILES string of the molecule is CCC(N)C(c1sccc1C)N1CC(=O)NC(=O)C1C. The minimum absolute atomic E-state index is 0.0926. The van der Waals surface area contributed by atoms with Gasteiger partial charge in [-0.2, -0.15) is 0 Å². The van der Waals surface area contributed by atoms with Crippen molar-refractivity contribution in [1.29, 1.82) is 0 Å². The van der Waals surface area contributed by atoms with E-state index in [1.165, 1.54) is 0 Å². The van der Waals surface area contributed by atoms with Gasteiger partial charge in [0.1, 0.15) is 0 Å². The third kappa shape index (κ3) is 2.77. The smallest absolute Gasteiger partial charge is 0.243 e. The van der Waals surface area contributed by atoms with Crippen LogP contribution in [0.2, 0.25) is 0 Å². The van der Waals surface area contributed by atoms with E-state index < -0.39 is 0 Å². The summed E-state index contributed by atoms with van der Waals surface area (Å²) in [5, 5.41) is 4.40. The zero-order valence-electron chi connectivity index (χ0n) is 12.1. The monoisotopic (exact) mass is 295 g/mol. The molecule has 0 aliphatic carbocycles. The van der Waals surface area contributed by atoms with Crippen LogP contribution in [0.15, 0.2) is 11.4 Å². The van der Waals surface area contributed by atoms with Crippen LogP contribution in [0.3, 0.4) is 0 Å². The first-order valence-corrected chi connectivity index (χ1v) is 7.72. The van der Waals surface area contributed by atoms with Crippen LogP contribution in [0.4, 0.5) is 0 Å². The van der Waals surface area contributed by atoms with Gasteiger partial charge in [-0.25, -0.2) is 0 Å². The summed E-state index contributed by atoms with van der Waals surface area (Å²) in [5.41, 5.74) is 7.44. The minimum Gasteiger partial charge on any atom is -0.326 e. The number of aryl methyl sites for hydroxylation is 1. The average molecular weight is 295 g/mol. The summed E-state index contributed by atoms with van der Waals surface area (Å²) < 4.78 is 0. The molecule has 20 heavy (non-hydrogen) atoms. The third-order valence-electron chi connectivity index (χ3n) is 3.87. The maximum absolute atomic E-state index is 11.9. The Kier molecular flexibility index (Phi) is 4.57. The van der Waals surface area contributed by atoms with E-state index >= 15 is 0 Å². The molecule has 0 spiro atoms. The molecule has 3 unspecified atom stereocenters. The number of piperazine rings is 1. The molecule has 3 N–H and O–H groups in total. The summed E-state index contributed by atoms with van der Waals surface area (Å²) in [4.78, 5) is 26.6. The number of nitrogens with zero attached hydrogens (tertiary/aromatic N) is 1. The van der Waals surface area contributed by atoms with Crippen molar-refractivity contribution in [3.63, 3.8) is 0 Å². The van der Waals surface area contributed by atoms with Gasteiger partial charge in [-0.15, -0.1) is 11.3 Å². The normalized spacial score (nSPS) is 23.5. The van der Waals surface area contributed by atoms with Crippen molar-refractivity contribution in [3.8, 4) is 0 Å². The van der Waals surface area contributed by atoms with Crippen molar-refractivity contribution < 1.29 is 9.59 Å². The Hall–Kier alpha value is -1.24. The molecule has 0 bridgehead atoms. The molecule has 1 aliphatic heterocycles. The second-order valence-electron chi connectivity index (χ2n) is 5.25. The zero-order chi connectivity index (χ0) is 14.9. The van der Waals surface area contributed by atoms with Crippen LogP contribution in [0.25, 0.3) is 0 Å². The highest BCUT2D eigenvalue weighted by Gasteiger charge is 2.38. The Morgan fingerprint density at radius 1 is 1.55 bits per heavy atom. The van der Waals surface area contributed by atoms with E-state index in [1.54, 1.807) is 11.3 Å². The first-order valence-electron chi connectivity index (χ1n) is 6.84. The molecule has 2 heterocycles. The van der Waals surface area contributed by atoms with Gasteiger partial charge in [0.15, 0.2) is 0 Å². The number of amides is 2. The van der Waals surface area contributed by atoms with Crippen LogP contribution >= 0.6 is 11.3 Å². The van der Waals surface area contributed by atoms with Crippen molar-refractivity contribution >= 4 is 23.2 Å². The van der Waals surface area contributed by atoms with Crippen molar-refractivity contribution in [1.82, 2.24) is 10.2 Å². The largest absolute Gasteiger partial charge is 0.326 e. The molecule has 1 saturated heterocycles. The molecule has 0 radical (unpaired) electrons. The first kappa shape index (κ1) is 15.2. The lowest BCUT2D eigenvalue weighted by Crippen LogP contribution is -2.59. The van der Waals surface area contributed by atoms with Crippen LogP contribution < -0.4 is 11.1 Å². The Labute approximate surface area is 123 Å². The molecule has 6 heteroatoms. The van der Waals surface area contributed by atoms with Gasteiger partial charge in [-0.3, -0.25) is 19.8 Å². The van der Waals surface area contributed by atoms with Crippen molar-refractivity contribution in [2.75, 3.05) is 6.54 Å². The molecule has 2 rings (SSSR count). The molecule has 1 aromatic heterocycles. The van der Waals surface area contributed by atoms with Crippen LogP contribution in [0, 0.1) is 6.92 Å². The molecule has 1 fully saturated rings. The minimum atomic E-state index is -0.350. The molecule has 2 amide bonds. The Balaban J connectivity index is 2.38. The Bertz CT molecular complexity index is 514. The molecule has 5 nitrogen and oxygen atoms in total. The fourth-order valence-corrected chi connectivity index (χ4v) is 3.70. The number of hydrogen-bond donors (Lipinski definition) is 2. The molecule has 1 aliphatic rings. The number of nitrogens with two attached hydrogens (primary N) is 1. The van der Waals surface area contributed by atoms with Crippen molar-refractivity contribution in [2.45, 2.75) is 45.3 Å². The van der Waals surface area contributed by atoms with E-state index in [2.05, 4.69) is 5.32 Å². The number of carbonyl (C=O) groups is 2. The quantitative estimate of drug-likeness (QED) is 0.818. The van der Waals surface area contributed by atoms with Crippen molar-refractivity contribution in [3.05, 3.63) is 21.9 Å². The lowest BCUT2D eigenvalue weighted by atomic mass is 9.98. The zero-order valence-corrected chi connectivity index (χ0v) is 12.9. The van der Waals surface area contributed by atoms with E-state index in [0.717, 1.165) is 16.9 Å². The fraction of sp³-hybridized carbons (Fsp3) is 0.571.